The summed E-state index contributed by atoms with van der Waals surface area (Å²) < 4.78 is 28.7. The Bertz CT molecular complexity index is 231. The van der Waals surface area contributed by atoms with E-state index in [-0.39, 0.29) is 5.41 Å². The maximum atomic E-state index is 10.2. The summed E-state index contributed by atoms with van der Waals surface area (Å²) in [6.07, 6.45) is 2.09. The molecule has 3 nitrogen and oxygen atoms in total. The molecule has 4 heteroatoms. The van der Waals surface area contributed by atoms with Crippen molar-refractivity contribution in [2.75, 3.05) is 0 Å². The summed E-state index contributed by atoms with van der Waals surface area (Å²) in [5.74, 6) is 0. The zero-order chi connectivity index (χ0) is 9.12. The monoisotopic (exact) mass is 178 g/mol. The van der Waals surface area contributed by atoms with Crippen LogP contribution >= 0.6 is 0 Å². The lowest BCUT2D eigenvalue weighted by Crippen LogP contribution is -2.02. The summed E-state index contributed by atoms with van der Waals surface area (Å²) in [6.45, 7) is 5.96. The summed E-state index contributed by atoms with van der Waals surface area (Å²) >= 11 is 0. The van der Waals surface area contributed by atoms with Crippen LogP contribution in [-0.2, 0) is 10.1 Å². The van der Waals surface area contributed by atoms with Gasteiger partial charge in [0.2, 0.25) is 0 Å². The highest BCUT2D eigenvalue weighted by molar-refractivity contribution is 7.88. The largest absolute Gasteiger partial charge is 0.287 e. The fourth-order valence-electron chi connectivity index (χ4n) is 0.523. The van der Waals surface area contributed by atoms with Crippen LogP contribution in [0.15, 0.2) is 11.5 Å². The Hall–Kier alpha value is -0.350. The van der Waals surface area contributed by atoms with Crippen LogP contribution in [0, 0.1) is 5.41 Å². The van der Waals surface area contributed by atoms with Gasteiger partial charge in [-0.1, -0.05) is 26.8 Å². The maximum absolute atomic E-state index is 10.2. The van der Waals surface area contributed by atoms with Crippen molar-refractivity contribution in [1.29, 1.82) is 0 Å². The summed E-state index contributed by atoms with van der Waals surface area (Å²) in [6, 6.07) is 0. The molecule has 0 aliphatic carbocycles. The summed E-state index contributed by atoms with van der Waals surface area (Å²) in [7, 11) is -3.93. The molecule has 0 aliphatic heterocycles. The van der Waals surface area contributed by atoms with Crippen molar-refractivity contribution < 1.29 is 13.0 Å². The quantitative estimate of drug-likeness (QED) is 0.656. The third-order valence-corrected chi connectivity index (χ3v) is 1.53. The van der Waals surface area contributed by atoms with Crippen molar-refractivity contribution in [1.82, 2.24) is 0 Å². The van der Waals surface area contributed by atoms with Crippen LogP contribution in [-0.4, -0.2) is 13.0 Å². The topological polar surface area (TPSA) is 54.4 Å². The number of hydrogen-bond donors (Lipinski definition) is 1. The van der Waals surface area contributed by atoms with Crippen LogP contribution in [0.1, 0.15) is 27.2 Å². The van der Waals surface area contributed by atoms with E-state index in [4.69, 9.17) is 4.55 Å². The van der Waals surface area contributed by atoms with Gasteiger partial charge >= 0.3 is 0 Å². The van der Waals surface area contributed by atoms with E-state index in [1.54, 1.807) is 0 Å². The van der Waals surface area contributed by atoms with Gasteiger partial charge in [0.25, 0.3) is 10.1 Å². The van der Waals surface area contributed by atoms with Crippen LogP contribution in [0.2, 0.25) is 0 Å². The highest BCUT2D eigenvalue weighted by Gasteiger charge is 2.07. The number of allylic oxidation sites excluding steroid dienone is 1. The molecule has 0 unspecified atom stereocenters. The third kappa shape index (κ3) is 9.65. The summed E-state index contributed by atoms with van der Waals surface area (Å²) in [5, 5.41) is 0.818. The van der Waals surface area contributed by atoms with Gasteiger partial charge in [-0.25, -0.2) is 0 Å². The molecule has 0 fully saturated rings. The summed E-state index contributed by atoms with van der Waals surface area (Å²) in [4.78, 5) is 0. The predicted octanol–water partition coefficient (Wildman–Crippen LogP) is 1.82. The van der Waals surface area contributed by atoms with Crippen LogP contribution < -0.4 is 0 Å². The Morgan fingerprint density at radius 2 is 1.82 bits per heavy atom. The Morgan fingerprint density at radius 3 is 2.09 bits per heavy atom. The van der Waals surface area contributed by atoms with E-state index in [1.165, 1.54) is 6.08 Å². The minimum absolute atomic E-state index is 0.0567. The fraction of sp³-hybridized carbons (Fsp3) is 0.714. The smallest absolute Gasteiger partial charge is 0.282 e. The van der Waals surface area contributed by atoms with Crippen molar-refractivity contribution in [2.24, 2.45) is 5.41 Å². The van der Waals surface area contributed by atoms with E-state index < -0.39 is 10.1 Å². The Balaban J connectivity index is 4.01. The van der Waals surface area contributed by atoms with Crippen molar-refractivity contribution in [3.8, 4) is 0 Å². The van der Waals surface area contributed by atoms with Gasteiger partial charge in [0, 0.05) is 0 Å². The lowest BCUT2D eigenvalue weighted by Gasteiger charge is -2.13. The molecule has 0 saturated carbocycles. The molecular formula is C7H14O3S. The van der Waals surface area contributed by atoms with E-state index in [9.17, 15) is 8.42 Å². The van der Waals surface area contributed by atoms with Crippen molar-refractivity contribution in [2.45, 2.75) is 27.2 Å². The first-order chi connectivity index (χ1) is 4.71. The average molecular weight is 178 g/mol. The van der Waals surface area contributed by atoms with Gasteiger partial charge in [0.15, 0.2) is 0 Å². The molecule has 11 heavy (non-hydrogen) atoms. The predicted molar refractivity (Wildman–Crippen MR) is 44.8 cm³/mol. The lowest BCUT2D eigenvalue weighted by atomic mass is 9.93. The van der Waals surface area contributed by atoms with Gasteiger partial charge in [-0.05, 0) is 11.8 Å². The average Bonchev–Trinajstić information content (AvgIpc) is 1.55. The maximum Gasteiger partial charge on any atom is 0.287 e. The first-order valence-electron chi connectivity index (χ1n) is 3.35. The molecule has 0 aromatic heterocycles. The van der Waals surface area contributed by atoms with Crippen LogP contribution in [0.25, 0.3) is 0 Å². The second-order valence-corrected chi connectivity index (χ2v) is 4.95. The van der Waals surface area contributed by atoms with Crippen molar-refractivity contribution in [3.05, 3.63) is 11.5 Å². The molecule has 0 heterocycles. The molecular weight excluding hydrogens is 164 g/mol. The molecule has 1 N–H and O–H groups in total. The fourth-order valence-corrected chi connectivity index (χ4v) is 0.863. The van der Waals surface area contributed by atoms with Crippen LogP contribution in [0.5, 0.6) is 0 Å². The van der Waals surface area contributed by atoms with Gasteiger partial charge in [-0.15, -0.1) is 0 Å². The second kappa shape index (κ2) is 3.36. The summed E-state index contributed by atoms with van der Waals surface area (Å²) in [5.41, 5.74) is 0.0567. The molecule has 0 aromatic carbocycles. The normalized spacial score (nSPS) is 14.2. The van der Waals surface area contributed by atoms with E-state index >= 15 is 0 Å². The highest BCUT2D eigenvalue weighted by Crippen LogP contribution is 2.18. The Labute approximate surface area is 67.9 Å². The van der Waals surface area contributed by atoms with Gasteiger partial charge < -0.3 is 0 Å². The number of rotatable bonds is 2. The molecule has 0 rings (SSSR count). The first-order valence-corrected chi connectivity index (χ1v) is 4.85. The Kier molecular flexibility index (Phi) is 3.26. The molecule has 0 atom stereocenters. The molecule has 0 bridgehead atoms. The molecule has 0 aliphatic rings. The minimum atomic E-state index is -3.93. The Morgan fingerprint density at radius 1 is 1.36 bits per heavy atom. The van der Waals surface area contributed by atoms with E-state index in [2.05, 4.69) is 0 Å². The minimum Gasteiger partial charge on any atom is -0.282 e. The van der Waals surface area contributed by atoms with Crippen molar-refractivity contribution >= 4 is 10.1 Å². The van der Waals surface area contributed by atoms with Gasteiger partial charge in [-0.2, -0.15) is 8.42 Å². The van der Waals surface area contributed by atoms with E-state index in [0.29, 0.717) is 6.42 Å². The molecule has 0 saturated heterocycles. The van der Waals surface area contributed by atoms with Gasteiger partial charge in [-0.3, -0.25) is 4.55 Å². The van der Waals surface area contributed by atoms with Crippen molar-refractivity contribution in [3.63, 3.8) is 0 Å². The van der Waals surface area contributed by atoms with Gasteiger partial charge in [0.05, 0.1) is 5.41 Å². The standard InChI is InChI=1S/C7H14O3S/c1-7(2,3)5-4-6-11(8,9)10/h4,6H,5H2,1-3H3,(H,8,9,10). The molecule has 66 valence electrons. The SMILES string of the molecule is CC(C)(C)CC=CS(=O)(=O)O. The van der Waals surface area contributed by atoms with E-state index in [0.717, 1.165) is 5.41 Å². The molecule has 0 spiro atoms. The first kappa shape index (κ1) is 10.7. The molecule has 0 aromatic rings. The zero-order valence-electron chi connectivity index (χ0n) is 7.03. The molecule has 0 radical (unpaired) electrons. The van der Waals surface area contributed by atoms with Crippen LogP contribution in [0.4, 0.5) is 0 Å². The third-order valence-electron chi connectivity index (χ3n) is 0.998. The zero-order valence-corrected chi connectivity index (χ0v) is 7.85. The van der Waals surface area contributed by atoms with Crippen LogP contribution in [0.3, 0.4) is 0 Å². The lowest BCUT2D eigenvalue weighted by molar-refractivity contribution is 0.420. The highest BCUT2D eigenvalue weighted by atomic mass is 32.2. The van der Waals surface area contributed by atoms with E-state index in [1.807, 2.05) is 20.8 Å². The second-order valence-electron chi connectivity index (χ2n) is 3.65. The van der Waals surface area contributed by atoms with Gasteiger partial charge in [0.1, 0.15) is 0 Å². The molecule has 0 amide bonds. The number of hydrogen-bond acceptors (Lipinski definition) is 2.